The first kappa shape index (κ1) is 13.5. The van der Waals surface area contributed by atoms with Crippen molar-refractivity contribution in [3.05, 3.63) is 18.2 Å². The fourth-order valence-corrected chi connectivity index (χ4v) is 3.52. The molecule has 2 aliphatic heterocycles. The van der Waals surface area contributed by atoms with Crippen molar-refractivity contribution in [3.63, 3.8) is 0 Å². The second kappa shape index (κ2) is 5.87. The molecule has 2 amide bonds. The average molecular weight is 294 g/mol. The SMILES string of the molecule is O=C(CN1CSCC1=O)NC[C@H]1CCn2ccnc2C1. The number of fused-ring (bicyclic) bond motifs is 1. The molecule has 2 aliphatic rings. The van der Waals surface area contributed by atoms with Gasteiger partial charge in [-0.25, -0.2) is 4.98 Å². The largest absolute Gasteiger partial charge is 0.354 e. The molecule has 0 aliphatic carbocycles. The predicted molar refractivity (Wildman–Crippen MR) is 76.1 cm³/mol. The minimum Gasteiger partial charge on any atom is -0.354 e. The third kappa shape index (κ3) is 2.98. The van der Waals surface area contributed by atoms with Gasteiger partial charge in [0, 0.05) is 31.9 Å². The molecule has 3 heterocycles. The van der Waals surface area contributed by atoms with Crippen molar-refractivity contribution in [2.75, 3.05) is 24.7 Å². The topological polar surface area (TPSA) is 67.2 Å². The van der Waals surface area contributed by atoms with E-state index in [0.717, 1.165) is 25.2 Å². The van der Waals surface area contributed by atoms with Crippen LogP contribution in [0, 0.1) is 5.92 Å². The molecule has 3 rings (SSSR count). The number of nitrogens with zero attached hydrogens (tertiary/aromatic N) is 3. The normalized spacial score (nSPS) is 21.9. The highest BCUT2D eigenvalue weighted by molar-refractivity contribution is 8.00. The van der Waals surface area contributed by atoms with E-state index in [1.807, 2.05) is 12.4 Å². The van der Waals surface area contributed by atoms with E-state index in [2.05, 4.69) is 14.9 Å². The van der Waals surface area contributed by atoms with Crippen molar-refractivity contribution >= 4 is 23.6 Å². The second-order valence-corrected chi connectivity index (χ2v) is 6.22. The zero-order chi connectivity index (χ0) is 13.9. The molecule has 0 radical (unpaired) electrons. The van der Waals surface area contributed by atoms with Gasteiger partial charge < -0.3 is 14.8 Å². The van der Waals surface area contributed by atoms with Crippen LogP contribution in [0.1, 0.15) is 12.2 Å². The average Bonchev–Trinajstić information content (AvgIpc) is 3.05. The number of hydrogen-bond donors (Lipinski definition) is 1. The lowest BCUT2D eigenvalue weighted by Gasteiger charge is -2.24. The second-order valence-electron chi connectivity index (χ2n) is 5.27. The number of aryl methyl sites for hydroxylation is 1. The first-order valence-corrected chi connectivity index (χ1v) is 8.00. The van der Waals surface area contributed by atoms with Gasteiger partial charge in [-0.05, 0) is 12.3 Å². The molecule has 7 heteroatoms. The summed E-state index contributed by atoms with van der Waals surface area (Å²) in [5.74, 6) is 2.67. The first-order valence-electron chi connectivity index (χ1n) is 6.84. The lowest BCUT2D eigenvalue weighted by atomic mass is 9.98. The molecule has 1 N–H and O–H groups in total. The van der Waals surface area contributed by atoms with E-state index < -0.39 is 0 Å². The van der Waals surface area contributed by atoms with Crippen LogP contribution in [0.4, 0.5) is 0 Å². The summed E-state index contributed by atoms with van der Waals surface area (Å²) in [5, 5.41) is 2.94. The van der Waals surface area contributed by atoms with Crippen molar-refractivity contribution in [2.24, 2.45) is 5.92 Å². The standard InChI is InChI=1S/C13H18N4O2S/c18-12(7-17-9-20-8-13(17)19)15-6-10-1-3-16-4-2-14-11(16)5-10/h2,4,10H,1,3,5-9H2,(H,15,18)/t10-/m0/s1. The molecule has 108 valence electrons. The highest BCUT2D eigenvalue weighted by atomic mass is 32.2. The summed E-state index contributed by atoms with van der Waals surface area (Å²) < 4.78 is 2.17. The minimum atomic E-state index is -0.0604. The Labute approximate surface area is 121 Å². The summed E-state index contributed by atoms with van der Waals surface area (Å²) in [6.45, 7) is 1.82. The number of hydrogen-bond acceptors (Lipinski definition) is 4. The number of nitrogens with one attached hydrogen (secondary N) is 1. The van der Waals surface area contributed by atoms with E-state index in [1.165, 1.54) is 0 Å². The summed E-state index contributed by atoms with van der Waals surface area (Å²) in [4.78, 5) is 29.2. The minimum absolute atomic E-state index is 0.0600. The predicted octanol–water partition coefficient (Wildman–Crippen LogP) is 0.0946. The van der Waals surface area contributed by atoms with E-state index in [0.29, 0.717) is 24.1 Å². The molecule has 0 saturated carbocycles. The fourth-order valence-electron chi connectivity index (χ4n) is 2.62. The Bertz CT molecular complexity index is 516. The van der Waals surface area contributed by atoms with Gasteiger partial charge in [-0.15, -0.1) is 11.8 Å². The Morgan fingerprint density at radius 2 is 2.45 bits per heavy atom. The number of carbonyl (C=O) groups is 2. The van der Waals surface area contributed by atoms with Gasteiger partial charge >= 0.3 is 0 Å². The summed E-state index contributed by atoms with van der Waals surface area (Å²) in [6.07, 6.45) is 5.79. The molecule has 0 spiro atoms. The number of aromatic nitrogens is 2. The highest BCUT2D eigenvalue weighted by Crippen LogP contribution is 2.18. The monoisotopic (exact) mass is 294 g/mol. The van der Waals surface area contributed by atoms with Gasteiger partial charge in [-0.1, -0.05) is 0 Å². The van der Waals surface area contributed by atoms with Gasteiger partial charge in [0.2, 0.25) is 11.8 Å². The van der Waals surface area contributed by atoms with Gasteiger partial charge in [0.05, 0.1) is 11.6 Å². The third-order valence-corrected chi connectivity index (χ3v) is 4.74. The first-order chi connectivity index (χ1) is 9.72. The molecule has 20 heavy (non-hydrogen) atoms. The Morgan fingerprint density at radius 3 is 3.25 bits per heavy atom. The van der Waals surface area contributed by atoms with E-state index in [9.17, 15) is 9.59 Å². The van der Waals surface area contributed by atoms with Crippen LogP contribution in [0.3, 0.4) is 0 Å². The van der Waals surface area contributed by atoms with Crippen LogP contribution < -0.4 is 5.32 Å². The zero-order valence-corrected chi connectivity index (χ0v) is 12.1. The van der Waals surface area contributed by atoms with Crippen molar-refractivity contribution in [2.45, 2.75) is 19.4 Å². The summed E-state index contributed by atoms with van der Waals surface area (Å²) in [6, 6.07) is 0. The maximum Gasteiger partial charge on any atom is 0.239 e. The van der Waals surface area contributed by atoms with Crippen LogP contribution in [-0.2, 0) is 22.6 Å². The van der Waals surface area contributed by atoms with Crippen LogP contribution in [-0.4, -0.2) is 51.0 Å². The Hall–Kier alpha value is -1.50. The number of rotatable bonds is 4. The fraction of sp³-hybridized carbons (Fsp3) is 0.615. The molecule has 1 atom stereocenters. The summed E-state index contributed by atoms with van der Waals surface area (Å²) in [5.41, 5.74) is 0. The van der Waals surface area contributed by atoms with Gasteiger partial charge in [0.15, 0.2) is 0 Å². The molecule has 0 unspecified atom stereocenters. The lowest BCUT2D eigenvalue weighted by molar-refractivity contribution is -0.132. The van der Waals surface area contributed by atoms with E-state index in [1.54, 1.807) is 16.7 Å². The van der Waals surface area contributed by atoms with Gasteiger partial charge in [0.25, 0.3) is 0 Å². The number of thioether (sulfide) groups is 1. The molecule has 1 aromatic heterocycles. The molecule has 0 aromatic carbocycles. The highest BCUT2D eigenvalue weighted by Gasteiger charge is 2.24. The van der Waals surface area contributed by atoms with Gasteiger partial charge in [0.1, 0.15) is 12.4 Å². The molecular formula is C13H18N4O2S. The van der Waals surface area contributed by atoms with E-state index >= 15 is 0 Å². The van der Waals surface area contributed by atoms with Crippen LogP contribution in [0.15, 0.2) is 12.4 Å². The zero-order valence-electron chi connectivity index (χ0n) is 11.2. The maximum atomic E-state index is 11.8. The van der Waals surface area contributed by atoms with Gasteiger partial charge in [-0.2, -0.15) is 0 Å². The molecule has 6 nitrogen and oxygen atoms in total. The molecule has 1 aromatic rings. The lowest BCUT2D eigenvalue weighted by Crippen LogP contribution is -2.40. The molecule has 0 bridgehead atoms. The van der Waals surface area contributed by atoms with Gasteiger partial charge in [-0.3, -0.25) is 9.59 Å². The van der Waals surface area contributed by atoms with Crippen LogP contribution in [0.5, 0.6) is 0 Å². The quantitative estimate of drug-likeness (QED) is 0.855. The van der Waals surface area contributed by atoms with Crippen molar-refractivity contribution < 1.29 is 9.59 Å². The van der Waals surface area contributed by atoms with Crippen LogP contribution in [0.2, 0.25) is 0 Å². The maximum absolute atomic E-state index is 11.8. The Morgan fingerprint density at radius 1 is 1.55 bits per heavy atom. The van der Waals surface area contributed by atoms with E-state index in [4.69, 9.17) is 0 Å². The summed E-state index contributed by atoms with van der Waals surface area (Å²) >= 11 is 1.56. The van der Waals surface area contributed by atoms with Crippen molar-refractivity contribution in [1.29, 1.82) is 0 Å². The van der Waals surface area contributed by atoms with E-state index in [-0.39, 0.29) is 18.4 Å². The number of amides is 2. The molecular weight excluding hydrogens is 276 g/mol. The Kier molecular flexibility index (Phi) is 3.95. The van der Waals surface area contributed by atoms with Crippen molar-refractivity contribution in [1.82, 2.24) is 19.8 Å². The molecule has 1 saturated heterocycles. The Balaban J connectivity index is 1.43. The van der Waals surface area contributed by atoms with Crippen LogP contribution >= 0.6 is 11.8 Å². The third-order valence-electron chi connectivity index (χ3n) is 3.80. The smallest absolute Gasteiger partial charge is 0.239 e. The summed E-state index contributed by atoms with van der Waals surface area (Å²) in [7, 11) is 0. The number of imidazole rings is 1. The number of carbonyl (C=O) groups excluding carboxylic acids is 2. The van der Waals surface area contributed by atoms with Crippen LogP contribution in [0.25, 0.3) is 0 Å². The molecule has 1 fully saturated rings. The van der Waals surface area contributed by atoms with Crippen molar-refractivity contribution in [3.8, 4) is 0 Å².